The van der Waals surface area contributed by atoms with E-state index in [2.05, 4.69) is 6.58 Å². The van der Waals surface area contributed by atoms with Gasteiger partial charge in [0.1, 0.15) is 0 Å². The number of hydrogen-bond acceptors (Lipinski definition) is 1. The van der Waals surface area contributed by atoms with Crippen molar-refractivity contribution in [3.05, 3.63) is 24.5 Å². The molecule has 0 bridgehead atoms. The highest BCUT2D eigenvalue weighted by Crippen LogP contribution is 1.98. The van der Waals surface area contributed by atoms with E-state index in [1.165, 1.54) is 0 Å². The van der Waals surface area contributed by atoms with E-state index in [-0.39, 0.29) is 0 Å². The molecule has 0 atom stereocenters. The number of hydrogen-bond donors (Lipinski definition) is 1. The van der Waals surface area contributed by atoms with E-state index < -0.39 is 0 Å². The van der Waals surface area contributed by atoms with Gasteiger partial charge in [-0.05, 0) is 12.5 Å². The van der Waals surface area contributed by atoms with Gasteiger partial charge in [-0.3, -0.25) is 0 Å². The summed E-state index contributed by atoms with van der Waals surface area (Å²) in [7, 11) is 0. The zero-order chi connectivity index (χ0) is 6.41. The van der Waals surface area contributed by atoms with Gasteiger partial charge < -0.3 is 5.11 Å². The standard InChI is InChI=1S/C7H12O/c1-3-5-7(8)6-4-2/h3,5,8H,1,4,6H2,2H3/b7-5-. The molecule has 1 heteroatoms. The fourth-order valence-corrected chi connectivity index (χ4v) is 0.476. The van der Waals surface area contributed by atoms with Crippen LogP contribution in [-0.2, 0) is 0 Å². The van der Waals surface area contributed by atoms with Crippen molar-refractivity contribution >= 4 is 0 Å². The van der Waals surface area contributed by atoms with Crippen LogP contribution in [0.1, 0.15) is 19.8 Å². The Hall–Kier alpha value is -0.720. The van der Waals surface area contributed by atoms with Crippen LogP contribution < -0.4 is 0 Å². The van der Waals surface area contributed by atoms with E-state index in [4.69, 9.17) is 5.11 Å². The highest BCUT2D eigenvalue weighted by atomic mass is 16.3. The van der Waals surface area contributed by atoms with Crippen molar-refractivity contribution in [3.8, 4) is 0 Å². The summed E-state index contributed by atoms with van der Waals surface area (Å²) >= 11 is 0. The highest BCUT2D eigenvalue weighted by Gasteiger charge is 1.84. The predicted molar refractivity (Wildman–Crippen MR) is 35.8 cm³/mol. The van der Waals surface area contributed by atoms with Crippen LogP contribution >= 0.6 is 0 Å². The van der Waals surface area contributed by atoms with Crippen LogP contribution in [0.5, 0.6) is 0 Å². The van der Waals surface area contributed by atoms with Crippen LogP contribution in [0.25, 0.3) is 0 Å². The Kier molecular flexibility index (Phi) is 4.04. The van der Waals surface area contributed by atoms with Gasteiger partial charge in [0.25, 0.3) is 0 Å². The van der Waals surface area contributed by atoms with Gasteiger partial charge in [0.2, 0.25) is 0 Å². The minimum Gasteiger partial charge on any atom is -0.512 e. The first-order valence-corrected chi connectivity index (χ1v) is 2.81. The Balaban J connectivity index is 3.44. The van der Waals surface area contributed by atoms with Crippen LogP contribution in [0.15, 0.2) is 24.5 Å². The third-order valence-corrected chi connectivity index (χ3v) is 0.816. The molecule has 0 aromatic carbocycles. The molecule has 0 aliphatic rings. The fourth-order valence-electron chi connectivity index (χ4n) is 0.476. The number of rotatable bonds is 3. The molecular formula is C7H12O. The number of aliphatic hydroxyl groups is 1. The maximum Gasteiger partial charge on any atom is 0.0922 e. The van der Waals surface area contributed by atoms with Crippen LogP contribution in [-0.4, -0.2) is 5.11 Å². The molecule has 0 heterocycles. The largest absolute Gasteiger partial charge is 0.512 e. The van der Waals surface area contributed by atoms with Gasteiger partial charge in [0.15, 0.2) is 0 Å². The summed E-state index contributed by atoms with van der Waals surface area (Å²) in [6.07, 6.45) is 4.94. The molecule has 1 N–H and O–H groups in total. The second-order valence-electron chi connectivity index (χ2n) is 1.64. The van der Waals surface area contributed by atoms with E-state index in [9.17, 15) is 0 Å². The smallest absolute Gasteiger partial charge is 0.0922 e. The van der Waals surface area contributed by atoms with Gasteiger partial charge in [-0.15, -0.1) is 0 Å². The number of allylic oxidation sites excluding steroid dienone is 3. The maximum absolute atomic E-state index is 8.84. The molecule has 0 radical (unpaired) electrons. The normalized spacial score (nSPS) is 11.4. The van der Waals surface area contributed by atoms with E-state index in [0.717, 1.165) is 12.8 Å². The lowest BCUT2D eigenvalue weighted by Gasteiger charge is -1.90. The Bertz CT molecular complexity index is 92.6. The van der Waals surface area contributed by atoms with Crippen molar-refractivity contribution in [1.82, 2.24) is 0 Å². The van der Waals surface area contributed by atoms with Gasteiger partial charge in [0, 0.05) is 6.42 Å². The summed E-state index contributed by atoms with van der Waals surface area (Å²) in [5.41, 5.74) is 0. The first-order valence-electron chi connectivity index (χ1n) is 2.81. The molecule has 0 fully saturated rings. The Morgan fingerprint density at radius 2 is 2.38 bits per heavy atom. The van der Waals surface area contributed by atoms with Crippen molar-refractivity contribution in [2.24, 2.45) is 0 Å². The van der Waals surface area contributed by atoms with Crippen molar-refractivity contribution in [2.75, 3.05) is 0 Å². The van der Waals surface area contributed by atoms with Crippen molar-refractivity contribution < 1.29 is 5.11 Å². The molecule has 0 saturated heterocycles. The lowest BCUT2D eigenvalue weighted by Crippen LogP contribution is -1.76. The van der Waals surface area contributed by atoms with Crippen molar-refractivity contribution in [1.29, 1.82) is 0 Å². The summed E-state index contributed by atoms with van der Waals surface area (Å²) in [5, 5.41) is 8.84. The summed E-state index contributed by atoms with van der Waals surface area (Å²) in [5.74, 6) is 0.419. The van der Waals surface area contributed by atoms with Crippen molar-refractivity contribution in [2.45, 2.75) is 19.8 Å². The molecule has 0 rings (SSSR count). The van der Waals surface area contributed by atoms with Crippen LogP contribution in [0, 0.1) is 0 Å². The average Bonchev–Trinajstić information content (AvgIpc) is 1.68. The number of aliphatic hydroxyl groups excluding tert-OH is 1. The molecule has 0 spiro atoms. The lowest BCUT2D eigenvalue weighted by atomic mass is 10.3. The quantitative estimate of drug-likeness (QED) is 0.439. The van der Waals surface area contributed by atoms with E-state index in [1.54, 1.807) is 12.2 Å². The fraction of sp³-hybridized carbons (Fsp3) is 0.429. The molecule has 0 aliphatic heterocycles. The molecule has 0 saturated carbocycles. The summed E-state index contributed by atoms with van der Waals surface area (Å²) in [6, 6.07) is 0. The molecule has 0 unspecified atom stereocenters. The van der Waals surface area contributed by atoms with E-state index >= 15 is 0 Å². The zero-order valence-electron chi connectivity index (χ0n) is 5.22. The summed E-state index contributed by atoms with van der Waals surface area (Å²) in [6.45, 7) is 5.47. The van der Waals surface area contributed by atoms with Crippen LogP contribution in [0.2, 0.25) is 0 Å². The van der Waals surface area contributed by atoms with E-state index in [0.29, 0.717) is 5.76 Å². The topological polar surface area (TPSA) is 20.2 Å². The highest BCUT2D eigenvalue weighted by molar-refractivity contribution is 5.02. The molecule has 46 valence electrons. The third-order valence-electron chi connectivity index (χ3n) is 0.816. The average molecular weight is 112 g/mol. The Morgan fingerprint density at radius 1 is 1.75 bits per heavy atom. The second-order valence-corrected chi connectivity index (χ2v) is 1.64. The van der Waals surface area contributed by atoms with Gasteiger partial charge in [0.05, 0.1) is 5.76 Å². The predicted octanol–water partition coefficient (Wildman–Crippen LogP) is 2.41. The van der Waals surface area contributed by atoms with E-state index in [1.807, 2.05) is 6.92 Å². The molecule has 0 aliphatic carbocycles. The lowest BCUT2D eigenvalue weighted by molar-refractivity contribution is 0.387. The molecule has 8 heavy (non-hydrogen) atoms. The first kappa shape index (κ1) is 7.28. The SMILES string of the molecule is C=C/C=C(\O)CCC. The van der Waals surface area contributed by atoms with Crippen LogP contribution in [0.3, 0.4) is 0 Å². The van der Waals surface area contributed by atoms with Crippen molar-refractivity contribution in [3.63, 3.8) is 0 Å². The van der Waals surface area contributed by atoms with Gasteiger partial charge in [-0.1, -0.05) is 19.6 Å². The second kappa shape index (κ2) is 4.44. The third kappa shape index (κ3) is 3.47. The monoisotopic (exact) mass is 112 g/mol. The Morgan fingerprint density at radius 3 is 2.75 bits per heavy atom. The maximum atomic E-state index is 8.84. The summed E-state index contributed by atoms with van der Waals surface area (Å²) in [4.78, 5) is 0. The van der Waals surface area contributed by atoms with Gasteiger partial charge in [-0.2, -0.15) is 0 Å². The zero-order valence-corrected chi connectivity index (χ0v) is 5.22. The minimum absolute atomic E-state index is 0.419. The first-order chi connectivity index (χ1) is 3.81. The molecule has 0 aromatic heterocycles. The van der Waals surface area contributed by atoms with Gasteiger partial charge in [-0.25, -0.2) is 0 Å². The summed E-state index contributed by atoms with van der Waals surface area (Å²) < 4.78 is 0. The van der Waals surface area contributed by atoms with Crippen LogP contribution in [0.4, 0.5) is 0 Å². The molecule has 1 nitrogen and oxygen atoms in total. The molecule has 0 aromatic rings. The minimum atomic E-state index is 0.419. The Labute approximate surface area is 50.3 Å². The molecular weight excluding hydrogens is 100 g/mol. The van der Waals surface area contributed by atoms with Gasteiger partial charge >= 0.3 is 0 Å². The molecule has 0 amide bonds.